The quantitative estimate of drug-likeness (QED) is 0.755. The van der Waals surface area contributed by atoms with Gasteiger partial charge in [0.15, 0.2) is 11.5 Å². The SMILES string of the molecule is CC(C)(C)[Si](C)(C)Oc1ccc2c(c1)OC(F)(F)O2. The molecule has 0 aliphatic carbocycles. The first-order chi connectivity index (χ1) is 8.50. The Kier molecular flexibility index (Phi) is 3.04. The molecule has 0 bridgehead atoms. The fourth-order valence-corrected chi connectivity index (χ4v) is 2.46. The van der Waals surface area contributed by atoms with Crippen LogP contribution in [0, 0.1) is 0 Å². The van der Waals surface area contributed by atoms with Crippen LogP contribution in [0.3, 0.4) is 0 Å². The van der Waals surface area contributed by atoms with E-state index in [1.54, 1.807) is 6.07 Å². The average Bonchev–Trinajstić information content (AvgIpc) is 2.48. The number of fused-ring (bicyclic) bond motifs is 1. The number of rotatable bonds is 2. The number of halogens is 2. The molecule has 0 fully saturated rings. The van der Waals surface area contributed by atoms with E-state index < -0.39 is 14.6 Å². The molecule has 2 rings (SSSR count). The highest BCUT2D eigenvalue weighted by Gasteiger charge is 2.44. The normalized spacial score (nSPS) is 17.4. The zero-order chi connectivity index (χ0) is 14.5. The van der Waals surface area contributed by atoms with Gasteiger partial charge < -0.3 is 13.9 Å². The van der Waals surface area contributed by atoms with E-state index in [2.05, 4.69) is 43.3 Å². The van der Waals surface area contributed by atoms with Crippen LogP contribution in [0.1, 0.15) is 20.8 Å². The Labute approximate surface area is 112 Å². The molecule has 3 nitrogen and oxygen atoms in total. The summed E-state index contributed by atoms with van der Waals surface area (Å²) in [4.78, 5) is 0. The lowest BCUT2D eigenvalue weighted by Crippen LogP contribution is -2.43. The maximum Gasteiger partial charge on any atom is 0.586 e. The predicted octanol–water partition coefficient (Wildman–Crippen LogP) is 4.39. The van der Waals surface area contributed by atoms with Gasteiger partial charge >= 0.3 is 6.29 Å². The molecule has 0 amide bonds. The highest BCUT2D eigenvalue weighted by molar-refractivity contribution is 6.74. The molecule has 1 aliphatic heterocycles. The second kappa shape index (κ2) is 4.09. The van der Waals surface area contributed by atoms with Crippen LogP contribution in [0.15, 0.2) is 18.2 Å². The fraction of sp³-hybridized carbons (Fsp3) is 0.538. The van der Waals surface area contributed by atoms with Crippen molar-refractivity contribution in [3.8, 4) is 17.2 Å². The van der Waals surface area contributed by atoms with Crippen LogP contribution in [-0.2, 0) is 0 Å². The van der Waals surface area contributed by atoms with Crippen molar-refractivity contribution in [3.63, 3.8) is 0 Å². The zero-order valence-electron chi connectivity index (χ0n) is 11.7. The molecule has 0 saturated heterocycles. The maximum atomic E-state index is 12.9. The average molecular weight is 288 g/mol. The lowest BCUT2D eigenvalue weighted by molar-refractivity contribution is -0.286. The first-order valence-electron chi connectivity index (χ1n) is 6.09. The third-order valence-corrected chi connectivity index (χ3v) is 7.91. The Hall–Kier alpha value is -1.30. The summed E-state index contributed by atoms with van der Waals surface area (Å²) in [6.45, 7) is 10.5. The number of benzene rings is 1. The van der Waals surface area contributed by atoms with Gasteiger partial charge in [0.25, 0.3) is 0 Å². The van der Waals surface area contributed by atoms with Crippen LogP contribution in [0.25, 0.3) is 0 Å². The van der Waals surface area contributed by atoms with Gasteiger partial charge in [0.1, 0.15) is 5.75 Å². The summed E-state index contributed by atoms with van der Waals surface area (Å²) < 4.78 is 40.6. The van der Waals surface area contributed by atoms with E-state index >= 15 is 0 Å². The third-order valence-electron chi connectivity index (χ3n) is 3.55. The van der Waals surface area contributed by atoms with Gasteiger partial charge in [-0.05, 0) is 30.3 Å². The van der Waals surface area contributed by atoms with Crippen molar-refractivity contribution < 1.29 is 22.7 Å². The number of ether oxygens (including phenoxy) is 2. The molecule has 0 unspecified atom stereocenters. The van der Waals surface area contributed by atoms with Crippen molar-refractivity contribution in [1.29, 1.82) is 0 Å². The van der Waals surface area contributed by atoms with Gasteiger partial charge in [-0.1, -0.05) is 20.8 Å². The van der Waals surface area contributed by atoms with Crippen LogP contribution in [0.2, 0.25) is 18.1 Å². The summed E-state index contributed by atoms with van der Waals surface area (Å²) in [5.74, 6) is 0.584. The lowest BCUT2D eigenvalue weighted by atomic mass is 10.2. The van der Waals surface area contributed by atoms with E-state index in [9.17, 15) is 8.78 Å². The molecule has 1 aromatic carbocycles. The van der Waals surface area contributed by atoms with Gasteiger partial charge in [0, 0.05) is 6.07 Å². The minimum absolute atomic E-state index is 0.0150. The fourth-order valence-electron chi connectivity index (χ4n) is 1.44. The van der Waals surface area contributed by atoms with Crippen molar-refractivity contribution >= 4 is 8.32 Å². The number of alkyl halides is 2. The summed E-state index contributed by atoms with van der Waals surface area (Å²) in [6.07, 6.45) is -3.59. The van der Waals surface area contributed by atoms with E-state index in [-0.39, 0.29) is 16.5 Å². The lowest BCUT2D eigenvalue weighted by Gasteiger charge is -2.36. The molecule has 1 heterocycles. The van der Waals surface area contributed by atoms with E-state index in [0.29, 0.717) is 5.75 Å². The Morgan fingerprint density at radius 1 is 1.11 bits per heavy atom. The summed E-state index contributed by atoms with van der Waals surface area (Å²) in [5.41, 5.74) is 0. The molecule has 1 aliphatic rings. The second-order valence-corrected chi connectivity index (χ2v) is 10.9. The van der Waals surface area contributed by atoms with Crippen molar-refractivity contribution in [2.75, 3.05) is 0 Å². The molecule has 6 heteroatoms. The smallest absolute Gasteiger partial charge is 0.543 e. The monoisotopic (exact) mass is 288 g/mol. The van der Waals surface area contributed by atoms with Crippen LogP contribution in [0.5, 0.6) is 17.2 Å². The van der Waals surface area contributed by atoms with E-state index in [4.69, 9.17) is 4.43 Å². The minimum atomic E-state index is -3.59. The molecule has 0 atom stereocenters. The molecule has 0 N–H and O–H groups in total. The zero-order valence-corrected chi connectivity index (χ0v) is 12.7. The van der Waals surface area contributed by atoms with Crippen LogP contribution < -0.4 is 13.9 Å². The Bertz CT molecular complexity index is 495. The van der Waals surface area contributed by atoms with Crippen LogP contribution >= 0.6 is 0 Å². The molecular weight excluding hydrogens is 270 g/mol. The minimum Gasteiger partial charge on any atom is -0.543 e. The Balaban J connectivity index is 2.22. The molecule has 0 saturated carbocycles. The van der Waals surface area contributed by atoms with E-state index in [1.165, 1.54) is 12.1 Å². The highest BCUT2D eigenvalue weighted by atomic mass is 28.4. The molecule has 0 aromatic heterocycles. The van der Waals surface area contributed by atoms with Crippen LogP contribution in [-0.4, -0.2) is 14.6 Å². The van der Waals surface area contributed by atoms with Crippen molar-refractivity contribution in [2.24, 2.45) is 0 Å². The molecular formula is C13H18F2O3Si. The highest BCUT2D eigenvalue weighted by Crippen LogP contribution is 2.44. The van der Waals surface area contributed by atoms with Gasteiger partial charge in [0.05, 0.1) is 0 Å². The largest absolute Gasteiger partial charge is 0.586 e. The standard InChI is InChI=1S/C13H18F2O3Si/c1-12(2,3)19(4,5)18-9-6-7-10-11(8-9)17-13(14,15)16-10/h6-8H,1-5H3. The predicted molar refractivity (Wildman–Crippen MR) is 70.5 cm³/mol. The summed E-state index contributed by atoms with van der Waals surface area (Å²) in [5, 5.41) is 0.0350. The maximum absolute atomic E-state index is 12.9. The Morgan fingerprint density at radius 2 is 1.68 bits per heavy atom. The molecule has 1 aromatic rings. The molecule has 106 valence electrons. The van der Waals surface area contributed by atoms with Crippen molar-refractivity contribution in [1.82, 2.24) is 0 Å². The number of hydrogen-bond acceptors (Lipinski definition) is 3. The molecule has 0 spiro atoms. The first-order valence-corrected chi connectivity index (χ1v) is 9.00. The van der Waals surface area contributed by atoms with Gasteiger partial charge in [-0.3, -0.25) is 0 Å². The number of hydrogen-bond donors (Lipinski definition) is 0. The summed E-state index contributed by atoms with van der Waals surface area (Å²) in [7, 11) is -2.00. The first kappa shape index (κ1) is 14.1. The van der Waals surface area contributed by atoms with Gasteiger partial charge in [0.2, 0.25) is 8.32 Å². The topological polar surface area (TPSA) is 27.7 Å². The van der Waals surface area contributed by atoms with Crippen molar-refractivity contribution in [3.05, 3.63) is 18.2 Å². The van der Waals surface area contributed by atoms with Crippen LogP contribution in [0.4, 0.5) is 8.78 Å². The van der Waals surface area contributed by atoms with Gasteiger partial charge in [-0.15, -0.1) is 8.78 Å². The Morgan fingerprint density at radius 3 is 2.26 bits per heavy atom. The van der Waals surface area contributed by atoms with Crippen molar-refractivity contribution in [2.45, 2.75) is 45.2 Å². The van der Waals surface area contributed by atoms with E-state index in [0.717, 1.165) is 0 Å². The van der Waals surface area contributed by atoms with E-state index in [1.807, 2.05) is 0 Å². The summed E-state index contributed by atoms with van der Waals surface area (Å²) >= 11 is 0. The van der Waals surface area contributed by atoms with Gasteiger partial charge in [-0.2, -0.15) is 0 Å². The molecule has 0 radical (unpaired) electrons. The second-order valence-electron chi connectivity index (χ2n) is 6.14. The summed E-state index contributed by atoms with van der Waals surface area (Å²) in [6, 6.07) is 4.53. The van der Waals surface area contributed by atoms with Gasteiger partial charge in [-0.25, -0.2) is 0 Å². The molecule has 19 heavy (non-hydrogen) atoms. The third kappa shape index (κ3) is 2.83.